The van der Waals surface area contributed by atoms with Gasteiger partial charge < -0.3 is 36.4 Å². The Morgan fingerprint density at radius 1 is 1.27 bits per heavy atom. The maximum absolute atomic E-state index is 12.1. The number of hydrogen-bond donors (Lipinski definition) is 5. The maximum Gasteiger partial charge on any atom is 0.407 e. The third kappa shape index (κ3) is 6.54. The Balaban J connectivity index is 1.46. The van der Waals surface area contributed by atoms with Gasteiger partial charge in [-0.25, -0.2) is 9.78 Å². The van der Waals surface area contributed by atoms with E-state index in [1.807, 2.05) is 4.90 Å². The van der Waals surface area contributed by atoms with Crippen LogP contribution in [-0.2, 0) is 9.53 Å². The lowest BCUT2D eigenvalue weighted by molar-refractivity contribution is -0.139. The number of nitrogens with two attached hydrogens (primary N) is 1. The van der Waals surface area contributed by atoms with Crippen molar-refractivity contribution in [3.05, 3.63) is 34.6 Å². The number of fused-ring (bicyclic) bond motifs is 1. The van der Waals surface area contributed by atoms with E-state index in [1.165, 1.54) is 17.8 Å². The van der Waals surface area contributed by atoms with Crippen LogP contribution in [-0.4, -0.2) is 75.1 Å². The average molecular weight is 622 g/mol. The molecule has 1 saturated carbocycles. The quantitative estimate of drug-likeness (QED) is 0.220. The average Bonchev–Trinajstić information content (AvgIpc) is 3.73. The molecule has 0 radical (unpaired) electrons. The number of nitrogens with one attached hydrogen (secondary N) is 3. The number of aromatic nitrogens is 4. The summed E-state index contributed by atoms with van der Waals surface area (Å²) in [6.45, 7) is 2.65. The zero-order valence-electron chi connectivity index (χ0n) is 24.1. The van der Waals surface area contributed by atoms with Gasteiger partial charge in [-0.1, -0.05) is 18.5 Å². The highest BCUT2D eigenvalue weighted by Crippen LogP contribution is 2.39. The molecule has 2 aromatic heterocycles. The lowest BCUT2D eigenvalue weighted by Gasteiger charge is -2.41. The van der Waals surface area contributed by atoms with Crippen molar-refractivity contribution in [1.82, 2.24) is 24.9 Å². The van der Waals surface area contributed by atoms with Crippen molar-refractivity contribution in [3.63, 3.8) is 0 Å². The van der Waals surface area contributed by atoms with E-state index in [4.69, 9.17) is 22.1 Å². The van der Waals surface area contributed by atoms with Gasteiger partial charge in [0, 0.05) is 25.2 Å². The van der Waals surface area contributed by atoms with Crippen molar-refractivity contribution in [2.24, 2.45) is 17.6 Å². The summed E-state index contributed by atoms with van der Waals surface area (Å²) in [5.74, 6) is -1.07. The zero-order valence-corrected chi connectivity index (χ0v) is 24.9. The molecule has 1 aliphatic heterocycles. The molecule has 6 N–H and O–H groups in total. The molecule has 4 atom stereocenters. The lowest BCUT2D eigenvalue weighted by Crippen LogP contribution is -2.52. The first-order valence-electron chi connectivity index (χ1n) is 14.1. The number of ether oxygens (including phenoxy) is 1. The maximum atomic E-state index is 12.1. The van der Waals surface area contributed by atoms with E-state index >= 15 is 0 Å². The number of benzene rings is 1. The van der Waals surface area contributed by atoms with Crippen LogP contribution in [0.4, 0.5) is 27.9 Å². The van der Waals surface area contributed by atoms with Crippen LogP contribution < -0.4 is 26.6 Å². The number of imidazole rings is 1. The second-order valence-corrected chi connectivity index (χ2v) is 11.5. The van der Waals surface area contributed by atoms with Gasteiger partial charge in [-0.3, -0.25) is 4.79 Å². The molecular formula is C28H32ClN11O4. The summed E-state index contributed by atoms with van der Waals surface area (Å²) in [4.78, 5) is 34.5. The Labute approximate surface area is 257 Å². The number of carbonyl (C=O) groups excluding carboxylic acids is 1. The minimum absolute atomic E-state index is 0.147. The van der Waals surface area contributed by atoms with E-state index in [0.29, 0.717) is 59.4 Å². The van der Waals surface area contributed by atoms with E-state index in [2.05, 4.69) is 43.2 Å². The Bertz CT molecular complexity index is 1660. The van der Waals surface area contributed by atoms with Crippen LogP contribution in [0.25, 0.3) is 5.65 Å². The number of halogens is 1. The molecule has 230 valence electrons. The summed E-state index contributed by atoms with van der Waals surface area (Å²) >= 11 is 6.96. The van der Waals surface area contributed by atoms with Gasteiger partial charge in [0.05, 0.1) is 41.3 Å². The predicted octanol–water partition coefficient (Wildman–Crippen LogP) is 2.83. The fourth-order valence-electron chi connectivity index (χ4n) is 5.40. The topological polar surface area (TPSA) is 220 Å². The second kappa shape index (κ2) is 12.8. The molecule has 1 saturated heterocycles. The van der Waals surface area contributed by atoms with Crippen molar-refractivity contribution >= 4 is 52.5 Å². The molecule has 2 fully saturated rings. The monoisotopic (exact) mass is 621 g/mol. The summed E-state index contributed by atoms with van der Waals surface area (Å²) < 4.78 is 6.21. The van der Waals surface area contributed by atoms with Crippen LogP contribution in [0.1, 0.15) is 43.9 Å². The fraction of sp³-hybridized carbons (Fsp3) is 0.464. The molecular weight excluding hydrogens is 590 g/mol. The van der Waals surface area contributed by atoms with E-state index in [1.54, 1.807) is 19.1 Å². The Morgan fingerprint density at radius 3 is 2.70 bits per heavy atom. The summed E-state index contributed by atoms with van der Waals surface area (Å²) in [7, 11) is 1.28. The van der Waals surface area contributed by atoms with Crippen LogP contribution in [0, 0.1) is 34.5 Å². The van der Waals surface area contributed by atoms with Gasteiger partial charge in [0.25, 0.3) is 0 Å². The number of hydrogen-bond acceptors (Lipinski definition) is 12. The summed E-state index contributed by atoms with van der Waals surface area (Å²) in [6, 6.07) is 6.41. The molecule has 3 heterocycles. The van der Waals surface area contributed by atoms with Crippen LogP contribution in [0.15, 0.2) is 18.3 Å². The van der Waals surface area contributed by atoms with Crippen LogP contribution in [0.2, 0.25) is 5.02 Å². The largest absolute Gasteiger partial charge is 0.480 e. The zero-order chi connectivity index (χ0) is 31.5. The SMILES string of the molecule is COC(=O)N[C@H]1CCN(c2cc(C#N)cc(Nc3nc(NC4CC4)c4ncc(C#N)n4n3)c2Cl)CC1C[C@H](C)C(N)C(=O)O. The number of aliphatic carboxylic acids is 1. The van der Waals surface area contributed by atoms with E-state index in [0.717, 1.165) is 12.8 Å². The van der Waals surface area contributed by atoms with Crippen molar-refractivity contribution in [2.45, 2.75) is 50.7 Å². The normalized spacial score (nSPS) is 19.4. The van der Waals surface area contributed by atoms with E-state index in [9.17, 15) is 25.2 Å². The lowest BCUT2D eigenvalue weighted by atomic mass is 9.82. The van der Waals surface area contributed by atoms with Gasteiger partial charge in [0.15, 0.2) is 17.2 Å². The van der Waals surface area contributed by atoms with Crippen LogP contribution in [0.5, 0.6) is 0 Å². The molecule has 3 aromatic rings. The third-order valence-electron chi connectivity index (χ3n) is 7.96. The number of alkyl carbamates (subject to hydrolysis) is 1. The Kier molecular flexibility index (Phi) is 8.89. The Morgan fingerprint density at radius 2 is 2.05 bits per heavy atom. The number of carbonyl (C=O) groups is 2. The molecule has 44 heavy (non-hydrogen) atoms. The fourth-order valence-corrected chi connectivity index (χ4v) is 5.68. The summed E-state index contributed by atoms with van der Waals surface area (Å²) in [5.41, 5.74) is 7.84. The number of carboxylic acid groups (broad SMARTS) is 1. The van der Waals surface area contributed by atoms with E-state index in [-0.39, 0.29) is 35.6 Å². The van der Waals surface area contributed by atoms with Gasteiger partial charge in [0.2, 0.25) is 5.95 Å². The third-order valence-corrected chi connectivity index (χ3v) is 8.36. The molecule has 16 heteroatoms. The van der Waals surface area contributed by atoms with Crippen molar-refractivity contribution in [1.29, 1.82) is 10.5 Å². The predicted molar refractivity (Wildman–Crippen MR) is 161 cm³/mol. The molecule has 0 bridgehead atoms. The highest BCUT2D eigenvalue weighted by molar-refractivity contribution is 6.36. The number of carboxylic acids is 1. The molecule has 0 spiro atoms. The van der Waals surface area contributed by atoms with Crippen LogP contribution >= 0.6 is 11.6 Å². The van der Waals surface area contributed by atoms with Gasteiger partial charge in [-0.05, 0) is 49.7 Å². The highest BCUT2D eigenvalue weighted by Gasteiger charge is 2.35. The number of rotatable bonds is 10. The van der Waals surface area contributed by atoms with Gasteiger partial charge >= 0.3 is 12.1 Å². The number of anilines is 4. The van der Waals surface area contributed by atoms with Gasteiger partial charge in [-0.2, -0.15) is 20.0 Å². The number of nitriles is 2. The van der Waals surface area contributed by atoms with Crippen molar-refractivity contribution < 1.29 is 19.4 Å². The van der Waals surface area contributed by atoms with Crippen LogP contribution in [0.3, 0.4) is 0 Å². The first-order valence-corrected chi connectivity index (χ1v) is 14.5. The number of methoxy groups -OCH3 is 1. The molecule has 5 rings (SSSR count). The molecule has 2 unspecified atom stereocenters. The number of nitrogens with zero attached hydrogens (tertiary/aromatic N) is 7. The first kappa shape index (κ1) is 30.6. The van der Waals surface area contributed by atoms with Gasteiger partial charge in [0.1, 0.15) is 12.1 Å². The van der Waals surface area contributed by atoms with Crippen molar-refractivity contribution in [3.8, 4) is 12.1 Å². The molecule has 1 aliphatic carbocycles. The highest BCUT2D eigenvalue weighted by atomic mass is 35.5. The molecule has 2 aliphatic rings. The van der Waals surface area contributed by atoms with Gasteiger partial charge in [-0.15, -0.1) is 5.10 Å². The first-order chi connectivity index (χ1) is 21.1. The minimum atomic E-state index is -1.10. The minimum Gasteiger partial charge on any atom is -0.480 e. The standard InChI is InChI=1S/C28H32ClN11O4/c1-14(23(32)26(41)42)7-16-13-39(6-5-19(16)36-28(43)44-2)21-9-15(10-30)8-20(22(21)29)35-27-37-24(34-17-3-4-17)25-33-12-18(11-31)40(25)38-27/h8-9,12,14,16-17,19,23H,3-7,13,32H2,1-2H3,(H,36,43)(H,41,42)(H2,34,35,37,38)/t14-,16?,19-,23?/m0/s1. The molecule has 1 aromatic carbocycles. The molecule has 1 amide bonds. The van der Waals surface area contributed by atoms with Crippen molar-refractivity contribution in [2.75, 3.05) is 35.7 Å². The Hall–Kier alpha value is -4.86. The summed E-state index contributed by atoms with van der Waals surface area (Å²) in [6.07, 6.45) is 3.76. The number of amides is 1. The smallest absolute Gasteiger partial charge is 0.407 e. The van der Waals surface area contributed by atoms with E-state index < -0.39 is 18.1 Å². The number of piperidine rings is 1. The second-order valence-electron chi connectivity index (χ2n) is 11.1. The summed E-state index contributed by atoms with van der Waals surface area (Å²) in [5, 5.41) is 42.9. The molecule has 15 nitrogen and oxygen atoms in total.